The van der Waals surface area contributed by atoms with Gasteiger partial charge in [0.2, 0.25) is 0 Å². The first-order valence-corrected chi connectivity index (χ1v) is 6.45. The van der Waals surface area contributed by atoms with Crippen molar-refractivity contribution in [3.63, 3.8) is 0 Å². The molecule has 0 amide bonds. The maximum Gasteiger partial charge on any atom is 0.321 e. The molecule has 1 fully saturated rings. The molecule has 0 saturated heterocycles. The zero-order valence-electron chi connectivity index (χ0n) is 10.7. The Kier molecular flexibility index (Phi) is 4.48. The van der Waals surface area contributed by atoms with Crippen LogP contribution in [0.15, 0.2) is 24.5 Å². The predicted octanol–water partition coefficient (Wildman–Crippen LogP) is 1.66. The van der Waals surface area contributed by atoms with Crippen LogP contribution in [0.3, 0.4) is 0 Å². The van der Waals surface area contributed by atoms with Gasteiger partial charge in [-0.05, 0) is 30.4 Å². The summed E-state index contributed by atoms with van der Waals surface area (Å²) in [6.07, 6.45) is 5.71. The first-order chi connectivity index (χ1) is 9.22. The second-order valence-corrected chi connectivity index (χ2v) is 4.86. The molecule has 100 valence electrons. The van der Waals surface area contributed by atoms with Crippen molar-refractivity contribution >= 4 is 5.97 Å². The minimum Gasteiger partial charge on any atom is -0.480 e. The lowest BCUT2D eigenvalue weighted by Crippen LogP contribution is -2.42. The smallest absolute Gasteiger partial charge is 0.321 e. The Labute approximate surface area is 112 Å². The standard InChI is InChI=1S/C14H17N3O2/c15-6-2-8-17(10-11-3-1-7-16-9-11)13(14(18)19)12-4-5-12/h1,3,7,9,12-13H,2,4-5,8,10H2,(H,18,19). The molecule has 1 N–H and O–H groups in total. The molecule has 5 nitrogen and oxygen atoms in total. The molecule has 1 heterocycles. The van der Waals surface area contributed by atoms with E-state index in [4.69, 9.17) is 5.26 Å². The topological polar surface area (TPSA) is 77.2 Å². The van der Waals surface area contributed by atoms with E-state index in [9.17, 15) is 9.90 Å². The van der Waals surface area contributed by atoms with Gasteiger partial charge in [-0.3, -0.25) is 14.7 Å². The number of carboxylic acid groups (broad SMARTS) is 1. The summed E-state index contributed by atoms with van der Waals surface area (Å²) in [4.78, 5) is 17.4. The highest BCUT2D eigenvalue weighted by atomic mass is 16.4. The summed E-state index contributed by atoms with van der Waals surface area (Å²) in [7, 11) is 0. The van der Waals surface area contributed by atoms with Crippen LogP contribution in [0, 0.1) is 17.2 Å². The van der Waals surface area contributed by atoms with Crippen molar-refractivity contribution in [3.05, 3.63) is 30.1 Å². The van der Waals surface area contributed by atoms with Gasteiger partial charge in [-0.2, -0.15) is 5.26 Å². The number of hydrogen-bond acceptors (Lipinski definition) is 4. The Hall–Kier alpha value is -1.93. The van der Waals surface area contributed by atoms with Crippen LogP contribution in [-0.2, 0) is 11.3 Å². The molecular weight excluding hydrogens is 242 g/mol. The summed E-state index contributed by atoms with van der Waals surface area (Å²) in [6, 6.07) is 5.38. The Balaban J connectivity index is 2.10. The molecule has 1 saturated carbocycles. The SMILES string of the molecule is N#CCCN(Cc1cccnc1)C(C(=O)O)C1CC1. The third-order valence-electron chi connectivity index (χ3n) is 3.33. The van der Waals surface area contributed by atoms with Crippen LogP contribution in [0.2, 0.25) is 0 Å². The summed E-state index contributed by atoms with van der Waals surface area (Å²) in [6.45, 7) is 1.02. The maximum atomic E-state index is 11.4. The monoisotopic (exact) mass is 259 g/mol. The van der Waals surface area contributed by atoms with Gasteiger partial charge in [0.15, 0.2) is 0 Å². The van der Waals surface area contributed by atoms with Crippen LogP contribution in [0.1, 0.15) is 24.8 Å². The van der Waals surface area contributed by atoms with Crippen molar-refractivity contribution in [2.45, 2.75) is 31.8 Å². The van der Waals surface area contributed by atoms with Gasteiger partial charge in [0.25, 0.3) is 0 Å². The van der Waals surface area contributed by atoms with Crippen molar-refractivity contribution in [2.75, 3.05) is 6.54 Å². The Morgan fingerprint density at radius 3 is 2.95 bits per heavy atom. The first-order valence-electron chi connectivity index (χ1n) is 6.45. The third kappa shape index (κ3) is 3.76. The van der Waals surface area contributed by atoms with Gasteiger partial charge in [0.05, 0.1) is 6.07 Å². The number of nitriles is 1. The lowest BCUT2D eigenvalue weighted by molar-refractivity contribution is -0.144. The van der Waals surface area contributed by atoms with Crippen LogP contribution in [0.4, 0.5) is 0 Å². The molecule has 1 atom stereocenters. The van der Waals surface area contributed by atoms with Crippen LogP contribution in [-0.4, -0.2) is 33.5 Å². The fraction of sp³-hybridized carbons (Fsp3) is 0.500. The number of carbonyl (C=O) groups is 1. The largest absolute Gasteiger partial charge is 0.480 e. The van der Waals surface area contributed by atoms with E-state index in [-0.39, 0.29) is 5.92 Å². The Bertz CT molecular complexity index is 465. The average molecular weight is 259 g/mol. The minimum atomic E-state index is -0.788. The van der Waals surface area contributed by atoms with Crippen LogP contribution in [0.25, 0.3) is 0 Å². The van der Waals surface area contributed by atoms with Gasteiger partial charge in [0.1, 0.15) is 6.04 Å². The molecule has 0 spiro atoms. The molecule has 1 unspecified atom stereocenters. The Morgan fingerprint density at radius 1 is 1.63 bits per heavy atom. The van der Waals surface area contributed by atoms with Gasteiger partial charge in [-0.15, -0.1) is 0 Å². The lowest BCUT2D eigenvalue weighted by atomic mass is 10.1. The summed E-state index contributed by atoms with van der Waals surface area (Å²) < 4.78 is 0. The quantitative estimate of drug-likeness (QED) is 0.805. The number of rotatable bonds is 7. The molecule has 1 aliphatic carbocycles. The van der Waals surface area contributed by atoms with Gasteiger partial charge >= 0.3 is 5.97 Å². The molecular formula is C14H17N3O2. The fourth-order valence-electron chi connectivity index (χ4n) is 2.30. The van der Waals surface area contributed by atoms with Gasteiger partial charge < -0.3 is 5.11 Å². The van der Waals surface area contributed by atoms with E-state index in [1.165, 1.54) is 0 Å². The van der Waals surface area contributed by atoms with Crippen LogP contribution >= 0.6 is 0 Å². The van der Waals surface area contributed by atoms with Crippen molar-refractivity contribution in [3.8, 4) is 6.07 Å². The number of hydrogen-bond donors (Lipinski definition) is 1. The molecule has 2 rings (SSSR count). The zero-order chi connectivity index (χ0) is 13.7. The number of nitrogens with zero attached hydrogens (tertiary/aromatic N) is 3. The molecule has 0 radical (unpaired) electrons. The molecule has 1 aliphatic rings. The predicted molar refractivity (Wildman–Crippen MR) is 69.0 cm³/mol. The van der Waals surface area contributed by atoms with Crippen molar-refractivity contribution in [1.29, 1.82) is 5.26 Å². The van der Waals surface area contributed by atoms with Crippen molar-refractivity contribution in [1.82, 2.24) is 9.88 Å². The van der Waals surface area contributed by atoms with Gasteiger partial charge in [-0.1, -0.05) is 6.07 Å². The van der Waals surface area contributed by atoms with Crippen LogP contribution in [0.5, 0.6) is 0 Å². The second kappa shape index (κ2) is 6.30. The van der Waals surface area contributed by atoms with E-state index < -0.39 is 12.0 Å². The van der Waals surface area contributed by atoms with E-state index in [2.05, 4.69) is 11.1 Å². The minimum absolute atomic E-state index is 0.230. The van der Waals surface area contributed by atoms with Crippen molar-refractivity contribution < 1.29 is 9.90 Å². The molecule has 0 aromatic carbocycles. The van der Waals surface area contributed by atoms with Crippen molar-refractivity contribution in [2.24, 2.45) is 5.92 Å². The number of pyridine rings is 1. The summed E-state index contributed by atoms with van der Waals surface area (Å²) in [5.41, 5.74) is 0.979. The maximum absolute atomic E-state index is 11.4. The first kappa shape index (κ1) is 13.5. The number of carboxylic acids is 1. The lowest BCUT2D eigenvalue weighted by Gasteiger charge is -2.28. The normalized spacial score (nSPS) is 16.0. The molecule has 1 aromatic heterocycles. The van der Waals surface area contributed by atoms with E-state index in [0.717, 1.165) is 18.4 Å². The van der Waals surface area contributed by atoms with E-state index in [0.29, 0.717) is 19.5 Å². The van der Waals surface area contributed by atoms with E-state index >= 15 is 0 Å². The van der Waals surface area contributed by atoms with Gasteiger partial charge in [-0.25, -0.2) is 0 Å². The molecule has 0 bridgehead atoms. The molecule has 19 heavy (non-hydrogen) atoms. The van der Waals surface area contributed by atoms with E-state index in [1.807, 2.05) is 17.0 Å². The van der Waals surface area contributed by atoms with Gasteiger partial charge in [0, 0.05) is 31.9 Å². The van der Waals surface area contributed by atoms with Crippen LogP contribution < -0.4 is 0 Å². The zero-order valence-corrected chi connectivity index (χ0v) is 10.7. The molecule has 1 aromatic rings. The summed E-state index contributed by atoms with van der Waals surface area (Å²) in [5, 5.41) is 18.1. The summed E-state index contributed by atoms with van der Waals surface area (Å²) in [5.74, 6) is -0.558. The van der Waals surface area contributed by atoms with E-state index in [1.54, 1.807) is 12.4 Å². The Morgan fingerprint density at radius 2 is 2.42 bits per heavy atom. The number of aromatic nitrogens is 1. The highest BCUT2D eigenvalue weighted by Gasteiger charge is 2.40. The highest BCUT2D eigenvalue weighted by Crippen LogP contribution is 2.36. The average Bonchev–Trinajstić information content (AvgIpc) is 3.21. The second-order valence-electron chi connectivity index (χ2n) is 4.86. The fourth-order valence-corrected chi connectivity index (χ4v) is 2.30. The highest BCUT2D eigenvalue weighted by molar-refractivity contribution is 5.74. The summed E-state index contributed by atoms with van der Waals surface area (Å²) >= 11 is 0. The third-order valence-corrected chi connectivity index (χ3v) is 3.33. The molecule has 5 heteroatoms. The number of aliphatic carboxylic acids is 1. The molecule has 0 aliphatic heterocycles.